The molecule has 0 saturated carbocycles. The van der Waals surface area contributed by atoms with Gasteiger partial charge in [0, 0.05) is 0 Å². The quantitative estimate of drug-likeness (QED) is 0.843. The van der Waals surface area contributed by atoms with Gasteiger partial charge in [-0.05, 0) is 49.9 Å². The summed E-state index contributed by atoms with van der Waals surface area (Å²) in [4.78, 5) is 11.5. The average Bonchev–Trinajstić information content (AvgIpc) is 2.38. The Labute approximate surface area is 120 Å². The van der Waals surface area contributed by atoms with E-state index >= 15 is 0 Å². The molecule has 1 aromatic rings. The Morgan fingerprint density at radius 1 is 1.20 bits per heavy atom. The van der Waals surface area contributed by atoms with Gasteiger partial charge in [-0.2, -0.15) is 4.72 Å². The molecule has 0 heterocycles. The monoisotopic (exact) mass is 299 g/mol. The highest BCUT2D eigenvalue weighted by Crippen LogP contribution is 2.21. The molecular formula is C14H21NO4S. The zero-order valence-corrected chi connectivity index (χ0v) is 13.0. The van der Waals surface area contributed by atoms with Crippen LogP contribution in [-0.2, 0) is 14.8 Å². The largest absolute Gasteiger partial charge is 0.480 e. The molecule has 0 fully saturated rings. The van der Waals surface area contributed by atoms with E-state index in [-0.39, 0.29) is 17.7 Å². The van der Waals surface area contributed by atoms with Gasteiger partial charge in [0.1, 0.15) is 5.54 Å². The number of carboxylic acids is 1. The van der Waals surface area contributed by atoms with E-state index in [2.05, 4.69) is 4.72 Å². The molecule has 0 spiro atoms. The van der Waals surface area contributed by atoms with Crippen molar-refractivity contribution in [3.05, 3.63) is 29.3 Å². The van der Waals surface area contributed by atoms with E-state index in [9.17, 15) is 18.3 Å². The lowest BCUT2D eigenvalue weighted by Crippen LogP contribution is -2.53. The first-order valence-corrected chi connectivity index (χ1v) is 8.01. The summed E-state index contributed by atoms with van der Waals surface area (Å²) in [5, 5.41) is 9.31. The third kappa shape index (κ3) is 3.19. The molecule has 6 heteroatoms. The zero-order valence-electron chi connectivity index (χ0n) is 12.2. The van der Waals surface area contributed by atoms with Crippen molar-refractivity contribution < 1.29 is 18.3 Å². The third-order valence-corrected chi connectivity index (χ3v) is 5.27. The van der Waals surface area contributed by atoms with E-state index in [0.29, 0.717) is 0 Å². The highest BCUT2D eigenvalue weighted by atomic mass is 32.2. The lowest BCUT2D eigenvalue weighted by Gasteiger charge is -2.27. The molecule has 0 saturated heterocycles. The van der Waals surface area contributed by atoms with Crippen molar-refractivity contribution in [3.8, 4) is 0 Å². The van der Waals surface area contributed by atoms with Crippen molar-refractivity contribution in [2.24, 2.45) is 0 Å². The number of carbonyl (C=O) groups is 1. The predicted octanol–water partition coefficient (Wildman–Crippen LogP) is 2.23. The Kier molecular flexibility index (Phi) is 4.94. The maximum Gasteiger partial charge on any atom is 0.324 e. The van der Waals surface area contributed by atoms with Crippen LogP contribution in [0.1, 0.15) is 37.8 Å². The van der Waals surface area contributed by atoms with Gasteiger partial charge in [0.2, 0.25) is 10.0 Å². The molecule has 2 N–H and O–H groups in total. The molecule has 0 bridgehead atoms. The van der Waals surface area contributed by atoms with Crippen LogP contribution in [0.4, 0.5) is 0 Å². The average molecular weight is 299 g/mol. The fraction of sp³-hybridized carbons (Fsp3) is 0.500. The first kappa shape index (κ1) is 16.7. The maximum absolute atomic E-state index is 12.4. The van der Waals surface area contributed by atoms with Gasteiger partial charge in [-0.1, -0.05) is 19.9 Å². The van der Waals surface area contributed by atoms with E-state index < -0.39 is 21.5 Å². The highest BCUT2D eigenvalue weighted by molar-refractivity contribution is 7.89. The molecule has 1 rings (SSSR count). The standard InChI is InChI=1S/C14H21NO4S/c1-5-14(6-2,13(16)17)15-20(18,19)12-8-7-10(3)11(4)9-12/h7-9,15H,5-6H2,1-4H3,(H,16,17). The second-order valence-corrected chi connectivity index (χ2v) is 6.63. The number of aliphatic carboxylic acids is 1. The number of hydrogen-bond donors (Lipinski definition) is 2. The van der Waals surface area contributed by atoms with Crippen molar-refractivity contribution in [2.75, 3.05) is 0 Å². The molecule has 0 aliphatic carbocycles. The number of hydrogen-bond acceptors (Lipinski definition) is 3. The first-order chi connectivity index (χ1) is 9.18. The Bertz CT molecular complexity index is 604. The molecule has 0 aromatic heterocycles. The van der Waals surface area contributed by atoms with Crippen LogP contribution in [0, 0.1) is 13.8 Å². The van der Waals surface area contributed by atoms with Gasteiger partial charge in [0.25, 0.3) is 0 Å². The van der Waals surface area contributed by atoms with Gasteiger partial charge in [0.05, 0.1) is 4.90 Å². The number of nitrogens with one attached hydrogen (secondary N) is 1. The van der Waals surface area contributed by atoms with Crippen molar-refractivity contribution in [1.82, 2.24) is 4.72 Å². The molecule has 0 aliphatic rings. The number of carboxylic acid groups (broad SMARTS) is 1. The summed E-state index contributed by atoms with van der Waals surface area (Å²) < 4.78 is 27.1. The SMILES string of the molecule is CCC(CC)(NS(=O)(=O)c1ccc(C)c(C)c1)C(=O)O. The number of benzene rings is 1. The summed E-state index contributed by atoms with van der Waals surface area (Å²) in [5.41, 5.74) is 0.374. The molecule has 20 heavy (non-hydrogen) atoms. The van der Waals surface area contributed by atoms with Crippen LogP contribution in [0.15, 0.2) is 23.1 Å². The van der Waals surface area contributed by atoms with Crippen LogP contribution in [0.5, 0.6) is 0 Å². The predicted molar refractivity (Wildman–Crippen MR) is 77.2 cm³/mol. The lowest BCUT2D eigenvalue weighted by molar-refractivity contribution is -0.144. The summed E-state index contributed by atoms with van der Waals surface area (Å²) >= 11 is 0. The second-order valence-electron chi connectivity index (χ2n) is 4.95. The van der Waals surface area contributed by atoms with Gasteiger partial charge < -0.3 is 5.11 Å². The van der Waals surface area contributed by atoms with E-state index in [0.717, 1.165) is 11.1 Å². The minimum Gasteiger partial charge on any atom is -0.480 e. The first-order valence-electron chi connectivity index (χ1n) is 6.53. The molecule has 0 amide bonds. The fourth-order valence-electron chi connectivity index (χ4n) is 1.94. The van der Waals surface area contributed by atoms with Crippen LogP contribution in [0.25, 0.3) is 0 Å². The topological polar surface area (TPSA) is 83.5 Å². The molecule has 5 nitrogen and oxygen atoms in total. The number of aryl methyl sites for hydroxylation is 2. The summed E-state index contributed by atoms with van der Waals surface area (Å²) in [5.74, 6) is -1.16. The summed E-state index contributed by atoms with van der Waals surface area (Å²) in [6.07, 6.45) is 0.367. The number of sulfonamides is 1. The Morgan fingerprint density at radius 2 is 1.75 bits per heavy atom. The third-order valence-electron chi connectivity index (χ3n) is 3.73. The van der Waals surface area contributed by atoms with E-state index in [1.54, 1.807) is 26.0 Å². The van der Waals surface area contributed by atoms with Gasteiger partial charge in [-0.25, -0.2) is 8.42 Å². The molecule has 0 atom stereocenters. The van der Waals surface area contributed by atoms with E-state index in [1.165, 1.54) is 6.07 Å². The van der Waals surface area contributed by atoms with Crippen LogP contribution in [0.3, 0.4) is 0 Å². The smallest absolute Gasteiger partial charge is 0.324 e. The fourth-order valence-corrected chi connectivity index (χ4v) is 3.53. The highest BCUT2D eigenvalue weighted by Gasteiger charge is 2.39. The maximum atomic E-state index is 12.4. The summed E-state index contributed by atoms with van der Waals surface area (Å²) in [6.45, 7) is 7.01. The van der Waals surface area contributed by atoms with Crippen molar-refractivity contribution >= 4 is 16.0 Å². The minimum atomic E-state index is -3.86. The Balaban J connectivity index is 3.23. The van der Waals surface area contributed by atoms with Crippen molar-refractivity contribution in [3.63, 3.8) is 0 Å². The normalized spacial score (nSPS) is 12.4. The van der Waals surface area contributed by atoms with Crippen LogP contribution >= 0.6 is 0 Å². The number of rotatable bonds is 6. The molecule has 1 aromatic carbocycles. The summed E-state index contributed by atoms with van der Waals surface area (Å²) in [6, 6.07) is 4.75. The summed E-state index contributed by atoms with van der Waals surface area (Å²) in [7, 11) is -3.86. The van der Waals surface area contributed by atoms with Gasteiger partial charge in [-0.3, -0.25) is 4.79 Å². The van der Waals surface area contributed by atoms with E-state index in [4.69, 9.17) is 0 Å². The Hall–Kier alpha value is -1.40. The molecular weight excluding hydrogens is 278 g/mol. The van der Waals surface area contributed by atoms with Gasteiger partial charge >= 0.3 is 5.97 Å². The van der Waals surface area contributed by atoms with E-state index in [1.807, 2.05) is 13.8 Å². The molecule has 0 radical (unpaired) electrons. The lowest BCUT2D eigenvalue weighted by atomic mass is 9.95. The molecule has 0 unspecified atom stereocenters. The Morgan fingerprint density at radius 3 is 2.15 bits per heavy atom. The van der Waals surface area contributed by atoms with Crippen LogP contribution < -0.4 is 4.72 Å². The van der Waals surface area contributed by atoms with Crippen LogP contribution in [0.2, 0.25) is 0 Å². The van der Waals surface area contributed by atoms with Gasteiger partial charge in [-0.15, -0.1) is 0 Å². The van der Waals surface area contributed by atoms with Crippen molar-refractivity contribution in [1.29, 1.82) is 0 Å². The molecule has 0 aliphatic heterocycles. The van der Waals surface area contributed by atoms with Gasteiger partial charge in [0.15, 0.2) is 0 Å². The second kappa shape index (κ2) is 5.93. The van der Waals surface area contributed by atoms with Crippen LogP contribution in [-0.4, -0.2) is 25.0 Å². The zero-order chi connectivity index (χ0) is 15.6. The van der Waals surface area contributed by atoms with Crippen molar-refractivity contribution in [2.45, 2.75) is 51.0 Å². The minimum absolute atomic E-state index is 0.0909. The molecule has 112 valence electrons.